The molecule has 0 aliphatic rings. The number of nitrogens with two attached hydrogens (primary N) is 1. The summed E-state index contributed by atoms with van der Waals surface area (Å²) >= 11 is 0. The molecule has 0 aliphatic carbocycles. The third kappa shape index (κ3) is 2.80. The average Bonchev–Trinajstić information content (AvgIpc) is 2.27. The van der Waals surface area contributed by atoms with E-state index < -0.39 is 0 Å². The van der Waals surface area contributed by atoms with E-state index in [-0.39, 0.29) is 12.5 Å². The number of rotatable bonds is 5. The van der Waals surface area contributed by atoms with Gasteiger partial charge in [0.15, 0.2) is 0 Å². The highest BCUT2D eigenvalue weighted by Gasteiger charge is 2.11. The molecule has 0 unspecified atom stereocenters. The van der Waals surface area contributed by atoms with Crippen LogP contribution in [0.5, 0.6) is 0 Å². The van der Waals surface area contributed by atoms with Gasteiger partial charge in [0, 0.05) is 18.0 Å². The van der Waals surface area contributed by atoms with Crippen molar-refractivity contribution >= 4 is 11.6 Å². The van der Waals surface area contributed by atoms with E-state index in [1.54, 1.807) is 0 Å². The van der Waals surface area contributed by atoms with Crippen molar-refractivity contribution in [1.82, 2.24) is 9.97 Å². The van der Waals surface area contributed by atoms with Crippen molar-refractivity contribution in [1.29, 1.82) is 0 Å². The fourth-order valence-electron chi connectivity index (χ4n) is 1.28. The minimum atomic E-state index is 0.0614. The Morgan fingerprint density at radius 1 is 1.31 bits per heavy atom. The molecule has 0 saturated heterocycles. The highest BCUT2D eigenvalue weighted by molar-refractivity contribution is 5.56. The van der Waals surface area contributed by atoms with Crippen LogP contribution in [0.25, 0.3) is 0 Å². The Kier molecular flexibility index (Phi) is 4.45. The third-order valence-corrected chi connectivity index (χ3v) is 2.22. The van der Waals surface area contributed by atoms with Gasteiger partial charge in [0.1, 0.15) is 17.5 Å². The van der Waals surface area contributed by atoms with Crippen LogP contribution in [0.2, 0.25) is 0 Å². The summed E-state index contributed by atoms with van der Waals surface area (Å²) in [5, 5.41) is 11.8. The zero-order valence-electron chi connectivity index (χ0n) is 9.91. The number of hydrazine groups is 1. The molecule has 0 spiro atoms. The van der Waals surface area contributed by atoms with Crippen molar-refractivity contribution in [3.63, 3.8) is 0 Å². The van der Waals surface area contributed by atoms with Gasteiger partial charge in [-0.15, -0.1) is 0 Å². The molecule has 0 amide bonds. The van der Waals surface area contributed by atoms with Crippen molar-refractivity contribution in [2.24, 2.45) is 5.84 Å². The van der Waals surface area contributed by atoms with Crippen LogP contribution >= 0.6 is 0 Å². The molecule has 0 radical (unpaired) electrons. The molecular weight excluding hydrogens is 206 g/mol. The van der Waals surface area contributed by atoms with E-state index in [1.807, 2.05) is 20.8 Å². The van der Waals surface area contributed by atoms with Crippen molar-refractivity contribution in [2.45, 2.75) is 26.7 Å². The van der Waals surface area contributed by atoms with Crippen molar-refractivity contribution in [2.75, 3.05) is 23.9 Å². The number of nitrogen functional groups attached to an aromatic ring is 1. The molecule has 0 aromatic carbocycles. The first-order valence-corrected chi connectivity index (χ1v) is 5.30. The molecule has 6 heteroatoms. The largest absolute Gasteiger partial charge is 0.395 e. The van der Waals surface area contributed by atoms with Crippen LogP contribution < -0.4 is 16.6 Å². The minimum absolute atomic E-state index is 0.0614. The van der Waals surface area contributed by atoms with Crippen LogP contribution in [-0.2, 0) is 0 Å². The quantitative estimate of drug-likeness (QED) is 0.433. The normalized spacial score (nSPS) is 10.6. The maximum atomic E-state index is 8.78. The first-order chi connectivity index (χ1) is 7.60. The topological polar surface area (TPSA) is 96.1 Å². The minimum Gasteiger partial charge on any atom is -0.395 e. The van der Waals surface area contributed by atoms with Crippen molar-refractivity contribution in [3.05, 3.63) is 11.4 Å². The van der Waals surface area contributed by atoms with E-state index >= 15 is 0 Å². The van der Waals surface area contributed by atoms with Gasteiger partial charge in [-0.3, -0.25) is 0 Å². The number of hydrogen-bond acceptors (Lipinski definition) is 6. The van der Waals surface area contributed by atoms with E-state index in [0.717, 1.165) is 11.4 Å². The first kappa shape index (κ1) is 12.7. The van der Waals surface area contributed by atoms with Gasteiger partial charge in [0.2, 0.25) is 0 Å². The SMILES string of the molecule is Cc1c(NN)nc(C(C)C)nc1NCCO. The monoisotopic (exact) mass is 225 g/mol. The van der Waals surface area contributed by atoms with Crippen LogP contribution in [0.4, 0.5) is 11.6 Å². The molecule has 16 heavy (non-hydrogen) atoms. The Labute approximate surface area is 95.3 Å². The zero-order valence-corrected chi connectivity index (χ0v) is 9.91. The summed E-state index contributed by atoms with van der Waals surface area (Å²) in [4.78, 5) is 8.70. The smallest absolute Gasteiger partial charge is 0.148 e. The summed E-state index contributed by atoms with van der Waals surface area (Å²) in [5.74, 6) is 7.66. The van der Waals surface area contributed by atoms with E-state index in [1.165, 1.54) is 0 Å². The first-order valence-electron chi connectivity index (χ1n) is 5.30. The third-order valence-electron chi connectivity index (χ3n) is 2.22. The number of aliphatic hydroxyl groups excluding tert-OH is 1. The number of anilines is 2. The molecule has 0 fully saturated rings. The molecule has 0 saturated carbocycles. The van der Waals surface area contributed by atoms with Gasteiger partial charge in [0.25, 0.3) is 0 Å². The van der Waals surface area contributed by atoms with Crippen LogP contribution in [0.1, 0.15) is 31.2 Å². The molecule has 5 N–H and O–H groups in total. The van der Waals surface area contributed by atoms with E-state index in [0.29, 0.717) is 18.2 Å². The Balaban J connectivity index is 3.08. The molecule has 1 aromatic rings. The van der Waals surface area contributed by atoms with Crippen LogP contribution in [0, 0.1) is 6.92 Å². The highest BCUT2D eigenvalue weighted by Crippen LogP contribution is 2.22. The molecule has 1 aromatic heterocycles. The Bertz CT molecular complexity index is 353. The van der Waals surface area contributed by atoms with E-state index in [2.05, 4.69) is 20.7 Å². The van der Waals surface area contributed by atoms with Crippen molar-refractivity contribution in [3.8, 4) is 0 Å². The maximum Gasteiger partial charge on any atom is 0.148 e. The summed E-state index contributed by atoms with van der Waals surface area (Å²) in [7, 11) is 0. The molecule has 0 bridgehead atoms. The number of nitrogens with one attached hydrogen (secondary N) is 2. The number of aromatic nitrogens is 2. The molecule has 6 nitrogen and oxygen atoms in total. The fourth-order valence-corrected chi connectivity index (χ4v) is 1.28. The Morgan fingerprint density at radius 2 is 1.94 bits per heavy atom. The van der Waals surface area contributed by atoms with E-state index in [4.69, 9.17) is 10.9 Å². The average molecular weight is 225 g/mol. The van der Waals surface area contributed by atoms with Gasteiger partial charge < -0.3 is 15.8 Å². The molecule has 1 rings (SSSR count). The summed E-state index contributed by atoms with van der Waals surface area (Å²) in [5.41, 5.74) is 3.40. The number of nitrogens with zero attached hydrogens (tertiary/aromatic N) is 2. The van der Waals surface area contributed by atoms with Gasteiger partial charge >= 0.3 is 0 Å². The molecule has 1 heterocycles. The lowest BCUT2D eigenvalue weighted by molar-refractivity contribution is 0.311. The molecule has 0 atom stereocenters. The summed E-state index contributed by atoms with van der Waals surface area (Å²) in [6.45, 7) is 6.42. The predicted octanol–water partition coefficient (Wildman–Crippen LogP) is 0.598. The fraction of sp³-hybridized carbons (Fsp3) is 0.600. The zero-order chi connectivity index (χ0) is 12.1. The maximum absolute atomic E-state index is 8.78. The lowest BCUT2D eigenvalue weighted by Gasteiger charge is -2.14. The summed E-state index contributed by atoms with van der Waals surface area (Å²) in [6, 6.07) is 0. The molecule has 90 valence electrons. The Morgan fingerprint density at radius 3 is 2.44 bits per heavy atom. The second-order valence-corrected chi connectivity index (χ2v) is 3.85. The van der Waals surface area contributed by atoms with Crippen molar-refractivity contribution < 1.29 is 5.11 Å². The number of hydrogen-bond donors (Lipinski definition) is 4. The summed E-state index contributed by atoms with van der Waals surface area (Å²) in [6.07, 6.45) is 0. The van der Waals surface area contributed by atoms with Crippen LogP contribution in [-0.4, -0.2) is 28.2 Å². The van der Waals surface area contributed by atoms with Gasteiger partial charge in [0.05, 0.1) is 6.61 Å². The van der Waals surface area contributed by atoms with Gasteiger partial charge in [-0.05, 0) is 6.92 Å². The van der Waals surface area contributed by atoms with Crippen LogP contribution in [0.15, 0.2) is 0 Å². The van der Waals surface area contributed by atoms with Gasteiger partial charge in [-0.2, -0.15) is 0 Å². The Hall–Kier alpha value is -1.40. The molecule has 0 aliphatic heterocycles. The standard InChI is InChI=1S/C10H19N5O/c1-6(2)8-13-9(12-4-5-16)7(3)10(14-8)15-11/h6,16H,4-5,11H2,1-3H3,(H2,12,13,14,15). The lowest BCUT2D eigenvalue weighted by Crippen LogP contribution is -2.16. The predicted molar refractivity (Wildman–Crippen MR) is 64.2 cm³/mol. The highest BCUT2D eigenvalue weighted by atomic mass is 16.3. The second kappa shape index (κ2) is 5.62. The molecular formula is C10H19N5O. The second-order valence-electron chi connectivity index (χ2n) is 3.85. The van der Waals surface area contributed by atoms with Crippen LogP contribution in [0.3, 0.4) is 0 Å². The van der Waals surface area contributed by atoms with Gasteiger partial charge in [-0.25, -0.2) is 15.8 Å². The number of aliphatic hydroxyl groups is 1. The van der Waals surface area contributed by atoms with E-state index in [9.17, 15) is 0 Å². The lowest BCUT2D eigenvalue weighted by atomic mass is 10.2. The van der Waals surface area contributed by atoms with Gasteiger partial charge in [-0.1, -0.05) is 13.8 Å². The summed E-state index contributed by atoms with van der Waals surface area (Å²) < 4.78 is 0.